The molecule has 16 heavy (non-hydrogen) atoms. The molecule has 1 N–H and O–H groups in total. The van der Waals surface area contributed by atoms with Crippen molar-refractivity contribution in [2.75, 3.05) is 7.11 Å². The van der Waals surface area contributed by atoms with Crippen molar-refractivity contribution in [3.05, 3.63) is 0 Å². The summed E-state index contributed by atoms with van der Waals surface area (Å²) >= 11 is 0. The molecular formula is C12H21NO3. The molecule has 2 atom stereocenters. The van der Waals surface area contributed by atoms with E-state index in [1.807, 2.05) is 20.8 Å². The third kappa shape index (κ3) is 3.22. The van der Waals surface area contributed by atoms with Crippen molar-refractivity contribution in [3.63, 3.8) is 0 Å². The first-order chi connectivity index (χ1) is 7.34. The number of carbonyl (C=O) groups is 2. The van der Waals surface area contributed by atoms with Crippen LogP contribution < -0.4 is 5.32 Å². The molecule has 0 bridgehead atoms. The average Bonchev–Trinajstić information content (AvgIpc) is 2.63. The van der Waals surface area contributed by atoms with E-state index in [2.05, 4.69) is 10.1 Å². The largest absolute Gasteiger partial charge is 0.453 e. The number of alkyl carbamates (subject to hydrolysis) is 1. The van der Waals surface area contributed by atoms with Crippen LogP contribution in [0.15, 0.2) is 0 Å². The number of Topliss-reactive ketones (excluding diaryl/α,β-unsaturated/α-hetero) is 1. The molecule has 0 aliphatic heterocycles. The number of hydrogen-bond donors (Lipinski definition) is 1. The summed E-state index contributed by atoms with van der Waals surface area (Å²) < 4.78 is 4.54. The molecule has 1 saturated carbocycles. The van der Waals surface area contributed by atoms with Crippen molar-refractivity contribution < 1.29 is 14.3 Å². The lowest BCUT2D eigenvalue weighted by Gasteiger charge is -2.21. The van der Waals surface area contributed by atoms with Gasteiger partial charge in [0.25, 0.3) is 0 Å². The highest BCUT2D eigenvalue weighted by atomic mass is 16.5. The van der Waals surface area contributed by atoms with E-state index in [0.29, 0.717) is 5.78 Å². The Morgan fingerprint density at radius 3 is 2.38 bits per heavy atom. The molecule has 4 nitrogen and oxygen atoms in total. The van der Waals surface area contributed by atoms with E-state index in [1.165, 1.54) is 7.11 Å². The van der Waals surface area contributed by atoms with Crippen molar-refractivity contribution >= 4 is 11.9 Å². The van der Waals surface area contributed by atoms with Gasteiger partial charge in [-0.05, 0) is 19.3 Å². The Kier molecular flexibility index (Phi) is 3.94. The lowest BCUT2D eigenvalue weighted by molar-refractivity contribution is -0.130. The summed E-state index contributed by atoms with van der Waals surface area (Å²) in [5, 5.41) is 2.75. The second-order valence-electron chi connectivity index (χ2n) is 5.46. The van der Waals surface area contributed by atoms with E-state index in [0.717, 1.165) is 19.3 Å². The minimum absolute atomic E-state index is 0.0853. The number of rotatable bonds is 2. The molecule has 0 radical (unpaired) electrons. The van der Waals surface area contributed by atoms with Crippen molar-refractivity contribution in [2.45, 2.75) is 46.1 Å². The van der Waals surface area contributed by atoms with Gasteiger partial charge in [0.05, 0.1) is 7.11 Å². The third-order valence-corrected chi connectivity index (χ3v) is 3.05. The zero-order valence-electron chi connectivity index (χ0n) is 10.5. The fourth-order valence-electron chi connectivity index (χ4n) is 2.19. The molecular weight excluding hydrogens is 206 g/mol. The quantitative estimate of drug-likeness (QED) is 0.786. The fraction of sp³-hybridized carbons (Fsp3) is 0.833. The Morgan fingerprint density at radius 2 is 1.88 bits per heavy atom. The second-order valence-corrected chi connectivity index (χ2v) is 5.46. The molecule has 1 aliphatic carbocycles. The first-order valence-electron chi connectivity index (χ1n) is 5.73. The Bertz CT molecular complexity index is 280. The van der Waals surface area contributed by atoms with Gasteiger partial charge in [0, 0.05) is 17.4 Å². The first kappa shape index (κ1) is 13.0. The van der Waals surface area contributed by atoms with Crippen LogP contribution in [-0.2, 0) is 9.53 Å². The van der Waals surface area contributed by atoms with E-state index in [-0.39, 0.29) is 17.4 Å². The molecule has 1 rings (SSSR count). The summed E-state index contributed by atoms with van der Waals surface area (Å²) in [7, 11) is 1.35. The van der Waals surface area contributed by atoms with Gasteiger partial charge < -0.3 is 10.1 Å². The number of hydrogen-bond acceptors (Lipinski definition) is 3. The Morgan fingerprint density at radius 1 is 1.25 bits per heavy atom. The topological polar surface area (TPSA) is 55.4 Å². The van der Waals surface area contributed by atoms with Gasteiger partial charge in [-0.3, -0.25) is 4.79 Å². The standard InChI is InChI=1S/C12H21NO3/c1-12(2,3)10(14)8-5-6-9(7-8)13-11(15)16-4/h8-9H,5-7H2,1-4H3,(H,13,15)/t8-,9+/m1/s1. The summed E-state index contributed by atoms with van der Waals surface area (Å²) in [5.41, 5.74) is -0.287. The summed E-state index contributed by atoms with van der Waals surface area (Å²) in [6.07, 6.45) is 2.06. The highest BCUT2D eigenvalue weighted by Crippen LogP contribution is 2.32. The van der Waals surface area contributed by atoms with Gasteiger partial charge in [-0.2, -0.15) is 0 Å². The van der Waals surface area contributed by atoms with E-state index < -0.39 is 6.09 Å². The smallest absolute Gasteiger partial charge is 0.407 e. The normalized spacial score (nSPS) is 25.2. The van der Waals surface area contributed by atoms with E-state index in [9.17, 15) is 9.59 Å². The predicted octanol–water partition coefficient (Wildman–Crippen LogP) is 2.13. The maximum Gasteiger partial charge on any atom is 0.407 e. The van der Waals surface area contributed by atoms with Crippen molar-refractivity contribution in [1.29, 1.82) is 0 Å². The monoisotopic (exact) mass is 227 g/mol. The van der Waals surface area contributed by atoms with Crippen molar-refractivity contribution in [1.82, 2.24) is 5.32 Å². The molecule has 4 heteroatoms. The number of carbonyl (C=O) groups excluding carboxylic acids is 2. The maximum absolute atomic E-state index is 12.0. The first-order valence-corrected chi connectivity index (χ1v) is 5.73. The molecule has 1 fully saturated rings. The van der Waals surface area contributed by atoms with Crippen LogP contribution >= 0.6 is 0 Å². The number of ether oxygens (including phenoxy) is 1. The average molecular weight is 227 g/mol. The van der Waals surface area contributed by atoms with E-state index in [1.54, 1.807) is 0 Å². The Hall–Kier alpha value is -1.06. The predicted molar refractivity (Wildman–Crippen MR) is 61.1 cm³/mol. The summed E-state index contributed by atoms with van der Waals surface area (Å²) in [5.74, 6) is 0.379. The Labute approximate surface area is 96.7 Å². The van der Waals surface area contributed by atoms with Crippen LogP contribution in [-0.4, -0.2) is 25.0 Å². The van der Waals surface area contributed by atoms with Gasteiger partial charge >= 0.3 is 6.09 Å². The highest BCUT2D eigenvalue weighted by molar-refractivity contribution is 5.86. The number of amides is 1. The highest BCUT2D eigenvalue weighted by Gasteiger charge is 2.35. The number of ketones is 1. The minimum atomic E-state index is -0.408. The zero-order chi connectivity index (χ0) is 12.3. The number of methoxy groups -OCH3 is 1. The maximum atomic E-state index is 12.0. The Balaban J connectivity index is 2.47. The van der Waals surface area contributed by atoms with Crippen LogP contribution in [0.2, 0.25) is 0 Å². The zero-order valence-corrected chi connectivity index (χ0v) is 10.5. The lowest BCUT2D eigenvalue weighted by Crippen LogP contribution is -2.34. The summed E-state index contributed by atoms with van der Waals surface area (Å²) in [6.45, 7) is 5.82. The van der Waals surface area contributed by atoms with Gasteiger partial charge in [-0.25, -0.2) is 4.79 Å². The van der Waals surface area contributed by atoms with Crippen LogP contribution in [0.25, 0.3) is 0 Å². The fourth-order valence-corrected chi connectivity index (χ4v) is 2.19. The second kappa shape index (κ2) is 4.85. The van der Waals surface area contributed by atoms with Crippen LogP contribution in [0.5, 0.6) is 0 Å². The van der Waals surface area contributed by atoms with Crippen molar-refractivity contribution in [3.8, 4) is 0 Å². The minimum Gasteiger partial charge on any atom is -0.453 e. The molecule has 0 aromatic carbocycles. The lowest BCUT2D eigenvalue weighted by atomic mass is 9.82. The SMILES string of the molecule is COC(=O)N[C@H]1CC[C@@H](C(=O)C(C)(C)C)C1. The molecule has 0 aromatic rings. The number of nitrogens with one attached hydrogen (secondary N) is 1. The molecule has 1 amide bonds. The van der Waals surface area contributed by atoms with Gasteiger partial charge in [-0.15, -0.1) is 0 Å². The molecule has 0 saturated heterocycles. The van der Waals surface area contributed by atoms with Gasteiger partial charge in [0.1, 0.15) is 5.78 Å². The summed E-state index contributed by atoms with van der Waals surface area (Å²) in [4.78, 5) is 23.0. The summed E-state index contributed by atoms with van der Waals surface area (Å²) in [6, 6.07) is 0.0868. The molecule has 0 aromatic heterocycles. The molecule has 0 unspecified atom stereocenters. The molecule has 0 spiro atoms. The molecule has 1 aliphatic rings. The van der Waals surface area contributed by atoms with Gasteiger partial charge in [-0.1, -0.05) is 20.8 Å². The van der Waals surface area contributed by atoms with Crippen LogP contribution in [0.4, 0.5) is 4.79 Å². The van der Waals surface area contributed by atoms with Crippen LogP contribution in [0.1, 0.15) is 40.0 Å². The van der Waals surface area contributed by atoms with E-state index in [4.69, 9.17) is 0 Å². The molecule has 0 heterocycles. The van der Waals surface area contributed by atoms with Crippen LogP contribution in [0, 0.1) is 11.3 Å². The van der Waals surface area contributed by atoms with Crippen LogP contribution in [0.3, 0.4) is 0 Å². The van der Waals surface area contributed by atoms with Gasteiger partial charge in [0.15, 0.2) is 0 Å². The van der Waals surface area contributed by atoms with E-state index >= 15 is 0 Å². The molecule has 92 valence electrons. The van der Waals surface area contributed by atoms with Crippen molar-refractivity contribution in [2.24, 2.45) is 11.3 Å². The third-order valence-electron chi connectivity index (χ3n) is 3.05. The van der Waals surface area contributed by atoms with Gasteiger partial charge in [0.2, 0.25) is 0 Å².